The van der Waals surface area contributed by atoms with Crippen molar-refractivity contribution in [2.24, 2.45) is 11.8 Å². The Morgan fingerprint density at radius 2 is 2.00 bits per heavy atom. The van der Waals surface area contributed by atoms with Crippen LogP contribution in [0.15, 0.2) is 24.3 Å². The number of benzene rings is 1. The molecule has 4 nitrogen and oxygen atoms in total. The number of carbonyl (C=O) groups excluding carboxylic acids is 1. The van der Waals surface area contributed by atoms with Gasteiger partial charge in [-0.05, 0) is 30.0 Å². The normalized spacial score (nSPS) is 15.0. The third kappa shape index (κ3) is 5.38. The highest BCUT2D eigenvalue weighted by atomic mass is 35.5. The van der Waals surface area contributed by atoms with Gasteiger partial charge in [0.05, 0.1) is 0 Å². The van der Waals surface area contributed by atoms with E-state index in [2.05, 4.69) is 5.32 Å². The summed E-state index contributed by atoms with van der Waals surface area (Å²) in [6.07, 6.45) is 1.22. The number of amides is 1. The third-order valence-electron chi connectivity index (χ3n) is 3.66. The molecule has 0 aromatic heterocycles. The molecular formula is C16H22ClNO3. The maximum absolute atomic E-state index is 12.2. The first-order valence-electron chi connectivity index (χ1n) is 7.12. The summed E-state index contributed by atoms with van der Waals surface area (Å²) >= 11 is 5.92. The van der Waals surface area contributed by atoms with Gasteiger partial charge in [-0.1, -0.05) is 50.9 Å². The van der Waals surface area contributed by atoms with Crippen molar-refractivity contribution in [3.63, 3.8) is 0 Å². The molecule has 2 N–H and O–H groups in total. The van der Waals surface area contributed by atoms with Gasteiger partial charge in [0.25, 0.3) is 0 Å². The monoisotopic (exact) mass is 311 g/mol. The predicted octanol–water partition coefficient (Wildman–Crippen LogP) is 3.13. The fourth-order valence-corrected chi connectivity index (χ4v) is 2.30. The summed E-state index contributed by atoms with van der Waals surface area (Å²) in [5.41, 5.74) is 0.959. The van der Waals surface area contributed by atoms with Crippen LogP contribution in [-0.2, 0) is 16.0 Å². The van der Waals surface area contributed by atoms with Crippen molar-refractivity contribution in [1.82, 2.24) is 5.32 Å². The molecule has 0 fully saturated rings. The van der Waals surface area contributed by atoms with E-state index >= 15 is 0 Å². The fourth-order valence-electron chi connectivity index (χ4n) is 2.09. The number of aliphatic carboxylic acids is 1. The van der Waals surface area contributed by atoms with Crippen molar-refractivity contribution < 1.29 is 14.7 Å². The molecule has 5 heteroatoms. The Labute approximate surface area is 130 Å². The largest absolute Gasteiger partial charge is 0.480 e. The molecule has 1 aromatic rings. The molecule has 3 atom stereocenters. The van der Waals surface area contributed by atoms with Crippen molar-refractivity contribution in [1.29, 1.82) is 0 Å². The van der Waals surface area contributed by atoms with Gasteiger partial charge < -0.3 is 10.4 Å². The number of carboxylic acid groups (broad SMARTS) is 1. The Kier molecular flexibility index (Phi) is 6.69. The van der Waals surface area contributed by atoms with Crippen LogP contribution in [0, 0.1) is 11.8 Å². The Balaban J connectivity index is 2.67. The lowest BCUT2D eigenvalue weighted by Crippen LogP contribution is -2.47. The molecule has 0 saturated heterocycles. The van der Waals surface area contributed by atoms with Gasteiger partial charge >= 0.3 is 5.97 Å². The van der Waals surface area contributed by atoms with Crippen LogP contribution in [0.2, 0.25) is 5.02 Å². The summed E-state index contributed by atoms with van der Waals surface area (Å²) in [5, 5.41) is 12.5. The fraction of sp³-hybridized carbons (Fsp3) is 0.500. The second-order valence-corrected chi connectivity index (χ2v) is 5.88. The van der Waals surface area contributed by atoms with Crippen LogP contribution < -0.4 is 5.32 Å². The van der Waals surface area contributed by atoms with E-state index in [1.165, 1.54) is 0 Å². The van der Waals surface area contributed by atoms with Crippen LogP contribution in [0.25, 0.3) is 0 Å². The van der Waals surface area contributed by atoms with Gasteiger partial charge in [0.2, 0.25) is 5.91 Å². The zero-order valence-electron chi connectivity index (χ0n) is 12.6. The topological polar surface area (TPSA) is 66.4 Å². The van der Waals surface area contributed by atoms with Crippen molar-refractivity contribution in [3.8, 4) is 0 Å². The van der Waals surface area contributed by atoms with E-state index < -0.39 is 12.0 Å². The molecule has 116 valence electrons. The maximum atomic E-state index is 12.2. The molecule has 1 rings (SSSR count). The quantitative estimate of drug-likeness (QED) is 0.813. The number of hydrogen-bond acceptors (Lipinski definition) is 2. The first kappa shape index (κ1) is 17.5. The molecule has 0 aliphatic rings. The van der Waals surface area contributed by atoms with E-state index in [-0.39, 0.29) is 17.7 Å². The van der Waals surface area contributed by atoms with Crippen LogP contribution in [0.5, 0.6) is 0 Å². The highest BCUT2D eigenvalue weighted by molar-refractivity contribution is 6.30. The van der Waals surface area contributed by atoms with Gasteiger partial charge in [0, 0.05) is 10.9 Å². The Bertz CT molecular complexity index is 504. The predicted molar refractivity (Wildman–Crippen MR) is 83.3 cm³/mol. The minimum Gasteiger partial charge on any atom is -0.480 e. The average Bonchev–Trinajstić information content (AvgIpc) is 2.43. The molecular weight excluding hydrogens is 290 g/mol. The molecule has 1 aromatic carbocycles. The summed E-state index contributed by atoms with van der Waals surface area (Å²) in [5.74, 6) is -1.66. The molecule has 0 aliphatic heterocycles. The molecule has 0 radical (unpaired) electrons. The zero-order chi connectivity index (χ0) is 16.0. The van der Waals surface area contributed by atoms with Gasteiger partial charge in [0.15, 0.2) is 0 Å². The van der Waals surface area contributed by atoms with E-state index in [1.54, 1.807) is 13.0 Å². The summed E-state index contributed by atoms with van der Waals surface area (Å²) in [7, 11) is 0. The van der Waals surface area contributed by atoms with E-state index in [4.69, 9.17) is 11.6 Å². The smallest absolute Gasteiger partial charge is 0.326 e. The third-order valence-corrected chi connectivity index (χ3v) is 3.89. The van der Waals surface area contributed by atoms with Crippen LogP contribution in [0.4, 0.5) is 0 Å². The number of carbonyl (C=O) groups is 2. The highest BCUT2D eigenvalue weighted by Gasteiger charge is 2.27. The molecule has 0 spiro atoms. The number of rotatable bonds is 7. The summed E-state index contributed by atoms with van der Waals surface area (Å²) < 4.78 is 0. The number of carboxylic acids is 1. The van der Waals surface area contributed by atoms with Crippen molar-refractivity contribution in [2.45, 2.75) is 39.7 Å². The Hall–Kier alpha value is -1.55. The van der Waals surface area contributed by atoms with Gasteiger partial charge in [-0.3, -0.25) is 4.79 Å². The Morgan fingerprint density at radius 3 is 2.52 bits per heavy atom. The average molecular weight is 312 g/mol. The van der Waals surface area contributed by atoms with Crippen molar-refractivity contribution >= 4 is 23.5 Å². The molecule has 0 bridgehead atoms. The second-order valence-electron chi connectivity index (χ2n) is 5.45. The number of hydrogen-bond donors (Lipinski definition) is 2. The molecule has 0 aliphatic carbocycles. The van der Waals surface area contributed by atoms with Crippen LogP contribution in [0.1, 0.15) is 32.8 Å². The summed E-state index contributed by atoms with van der Waals surface area (Å²) in [6, 6.07) is 6.48. The van der Waals surface area contributed by atoms with Gasteiger partial charge in [-0.15, -0.1) is 0 Å². The molecule has 1 unspecified atom stereocenters. The van der Waals surface area contributed by atoms with Gasteiger partial charge in [-0.25, -0.2) is 4.79 Å². The first-order chi connectivity index (χ1) is 9.85. The standard InChI is InChI=1S/C16H22ClNO3/c1-4-10(2)14(16(20)21)18-15(19)11(3)8-12-6-5-7-13(17)9-12/h5-7,9-11,14H,4,8H2,1-3H3,(H,18,19)(H,20,21)/t10-,11?,14-/m0/s1. The minimum atomic E-state index is -0.993. The van der Waals surface area contributed by atoms with Crippen LogP contribution >= 0.6 is 11.6 Å². The van der Waals surface area contributed by atoms with E-state index in [0.29, 0.717) is 17.9 Å². The molecule has 0 saturated carbocycles. The van der Waals surface area contributed by atoms with Crippen molar-refractivity contribution in [3.05, 3.63) is 34.9 Å². The SMILES string of the molecule is CC[C@H](C)[C@H](NC(=O)C(C)Cc1cccc(Cl)c1)C(=O)O. The van der Waals surface area contributed by atoms with Gasteiger partial charge in [-0.2, -0.15) is 0 Å². The minimum absolute atomic E-state index is 0.107. The molecule has 21 heavy (non-hydrogen) atoms. The van der Waals surface area contributed by atoms with Gasteiger partial charge in [0.1, 0.15) is 6.04 Å². The summed E-state index contributed by atoms with van der Waals surface area (Å²) in [4.78, 5) is 23.4. The second kappa shape index (κ2) is 8.03. The van der Waals surface area contributed by atoms with E-state index in [0.717, 1.165) is 5.56 Å². The van der Waals surface area contributed by atoms with Crippen LogP contribution in [-0.4, -0.2) is 23.0 Å². The van der Waals surface area contributed by atoms with E-state index in [1.807, 2.05) is 32.0 Å². The van der Waals surface area contributed by atoms with E-state index in [9.17, 15) is 14.7 Å². The lowest BCUT2D eigenvalue weighted by molar-refractivity contribution is -0.143. The van der Waals surface area contributed by atoms with Crippen molar-refractivity contribution in [2.75, 3.05) is 0 Å². The first-order valence-corrected chi connectivity index (χ1v) is 7.50. The lowest BCUT2D eigenvalue weighted by Gasteiger charge is -2.22. The zero-order valence-corrected chi connectivity index (χ0v) is 13.4. The molecule has 0 heterocycles. The Morgan fingerprint density at radius 1 is 1.33 bits per heavy atom. The summed E-state index contributed by atoms with van der Waals surface area (Å²) in [6.45, 7) is 5.51. The van der Waals surface area contributed by atoms with Crippen LogP contribution in [0.3, 0.4) is 0 Å². The lowest BCUT2D eigenvalue weighted by atomic mass is 9.96. The molecule has 1 amide bonds. The maximum Gasteiger partial charge on any atom is 0.326 e. The number of nitrogens with one attached hydrogen (secondary N) is 1. The highest BCUT2D eigenvalue weighted by Crippen LogP contribution is 2.15. The number of halogens is 1.